The van der Waals surface area contributed by atoms with E-state index in [2.05, 4.69) is 0 Å². The van der Waals surface area contributed by atoms with Crippen LogP contribution in [0.25, 0.3) is 0 Å². The molecule has 0 aliphatic heterocycles. The number of aliphatic hydroxyl groups excluding tert-OH is 1. The van der Waals surface area contributed by atoms with Gasteiger partial charge >= 0.3 is 0 Å². The van der Waals surface area contributed by atoms with E-state index >= 15 is 0 Å². The summed E-state index contributed by atoms with van der Waals surface area (Å²) in [7, 11) is 0. The quantitative estimate of drug-likeness (QED) is 0.601. The highest BCUT2D eigenvalue weighted by molar-refractivity contribution is 4.58. The van der Waals surface area contributed by atoms with Crippen molar-refractivity contribution in [3.8, 4) is 0 Å². The molecule has 1 unspecified atom stereocenters. The lowest BCUT2D eigenvalue weighted by Gasteiger charge is -2.26. The molecule has 4 heteroatoms. The predicted molar refractivity (Wildman–Crippen MR) is 44.5 cm³/mol. The summed E-state index contributed by atoms with van der Waals surface area (Å²) < 4.78 is 9.90. The molecule has 2 atom stereocenters. The lowest BCUT2D eigenvalue weighted by atomic mass is 10.3. The van der Waals surface area contributed by atoms with Crippen molar-refractivity contribution < 1.29 is 19.7 Å². The van der Waals surface area contributed by atoms with Crippen molar-refractivity contribution in [2.24, 2.45) is 0 Å². The fourth-order valence-electron chi connectivity index (χ4n) is 0.819. The minimum atomic E-state index is -1.24. The smallest absolute Gasteiger partial charge is 0.180 e. The van der Waals surface area contributed by atoms with E-state index in [1.165, 1.54) is 13.8 Å². The van der Waals surface area contributed by atoms with Gasteiger partial charge in [0.2, 0.25) is 0 Å². The maximum absolute atomic E-state index is 9.22. The third-order valence-corrected chi connectivity index (χ3v) is 1.21. The van der Waals surface area contributed by atoms with Crippen molar-refractivity contribution in [3.05, 3.63) is 0 Å². The normalized spacial score (nSPS) is 17.5. The first-order valence-corrected chi connectivity index (χ1v) is 4.06. The highest BCUT2D eigenvalue weighted by Gasteiger charge is 2.22. The summed E-state index contributed by atoms with van der Waals surface area (Å²) in [5.74, 6) is -1.24. The van der Waals surface area contributed by atoms with E-state index < -0.39 is 18.2 Å². The van der Waals surface area contributed by atoms with E-state index in [0.717, 1.165) is 0 Å². The number of hydrogen-bond donors (Lipinski definition) is 2. The van der Waals surface area contributed by atoms with Gasteiger partial charge in [-0.1, -0.05) is 0 Å². The predicted octanol–water partition coefficient (Wildman–Crippen LogP) is 0.475. The Balaban J connectivity index is 3.78. The van der Waals surface area contributed by atoms with Gasteiger partial charge in [-0.15, -0.1) is 0 Å². The fourth-order valence-corrected chi connectivity index (χ4v) is 0.819. The zero-order chi connectivity index (χ0) is 9.78. The summed E-state index contributed by atoms with van der Waals surface area (Å²) in [6, 6.07) is 0. The van der Waals surface area contributed by atoms with Crippen molar-refractivity contribution in [1.82, 2.24) is 0 Å². The minimum absolute atomic E-state index is 0.417. The summed E-state index contributed by atoms with van der Waals surface area (Å²) in [5.41, 5.74) is 0. The monoisotopic (exact) mass is 178 g/mol. The molecular formula is C8H18O4. The van der Waals surface area contributed by atoms with Gasteiger partial charge in [-0.2, -0.15) is 0 Å². The second kappa shape index (κ2) is 4.77. The highest BCUT2D eigenvalue weighted by atomic mass is 16.7. The first-order valence-electron chi connectivity index (χ1n) is 4.06. The van der Waals surface area contributed by atoms with Gasteiger partial charge in [0.25, 0.3) is 0 Å². The summed E-state index contributed by atoms with van der Waals surface area (Å²) in [5, 5.41) is 18.4. The van der Waals surface area contributed by atoms with E-state index in [-0.39, 0.29) is 0 Å². The maximum Gasteiger partial charge on any atom is 0.180 e. The Morgan fingerprint density at radius 3 is 2.25 bits per heavy atom. The van der Waals surface area contributed by atoms with E-state index in [9.17, 15) is 10.2 Å². The number of hydrogen-bond acceptors (Lipinski definition) is 4. The van der Waals surface area contributed by atoms with Crippen molar-refractivity contribution in [2.45, 2.75) is 45.9 Å². The summed E-state index contributed by atoms with van der Waals surface area (Å²) in [4.78, 5) is 0. The number of ether oxygens (including phenoxy) is 2. The van der Waals surface area contributed by atoms with Gasteiger partial charge in [0, 0.05) is 6.61 Å². The van der Waals surface area contributed by atoms with Gasteiger partial charge in [-0.05, 0) is 27.7 Å². The lowest BCUT2D eigenvalue weighted by Crippen LogP contribution is -2.37. The van der Waals surface area contributed by atoms with Crippen molar-refractivity contribution in [1.29, 1.82) is 0 Å². The Kier molecular flexibility index (Phi) is 4.70. The summed E-state index contributed by atoms with van der Waals surface area (Å²) in [6.45, 7) is 6.84. The minimum Gasteiger partial charge on any atom is -0.366 e. The molecule has 4 nitrogen and oxygen atoms in total. The largest absolute Gasteiger partial charge is 0.366 e. The van der Waals surface area contributed by atoms with Crippen LogP contribution in [0.2, 0.25) is 0 Å². The van der Waals surface area contributed by atoms with Crippen molar-refractivity contribution in [2.75, 3.05) is 6.61 Å². The van der Waals surface area contributed by atoms with Crippen molar-refractivity contribution >= 4 is 0 Å². The van der Waals surface area contributed by atoms with Crippen LogP contribution in [0.15, 0.2) is 0 Å². The molecular weight excluding hydrogens is 160 g/mol. The second-order valence-electron chi connectivity index (χ2n) is 3.12. The van der Waals surface area contributed by atoms with Crippen LogP contribution >= 0.6 is 0 Å². The Hall–Kier alpha value is -0.160. The van der Waals surface area contributed by atoms with E-state index in [0.29, 0.717) is 6.61 Å². The lowest BCUT2D eigenvalue weighted by molar-refractivity contribution is -0.259. The first kappa shape index (κ1) is 11.8. The van der Waals surface area contributed by atoms with Crippen LogP contribution in [0.5, 0.6) is 0 Å². The molecule has 0 fully saturated rings. The molecule has 0 aromatic carbocycles. The van der Waals surface area contributed by atoms with Crippen LogP contribution < -0.4 is 0 Å². The van der Waals surface area contributed by atoms with Gasteiger partial charge in [0.15, 0.2) is 12.1 Å². The molecule has 74 valence electrons. The molecule has 0 radical (unpaired) electrons. The van der Waals surface area contributed by atoms with Crippen molar-refractivity contribution in [3.63, 3.8) is 0 Å². The average Bonchev–Trinajstić information content (AvgIpc) is 1.84. The topological polar surface area (TPSA) is 58.9 Å². The van der Waals surface area contributed by atoms with E-state index in [1.807, 2.05) is 0 Å². The zero-order valence-corrected chi connectivity index (χ0v) is 8.07. The second-order valence-corrected chi connectivity index (χ2v) is 3.12. The van der Waals surface area contributed by atoms with Crippen LogP contribution in [-0.2, 0) is 9.47 Å². The Bertz CT molecular complexity index is 119. The van der Waals surface area contributed by atoms with Gasteiger partial charge in [-0.25, -0.2) is 0 Å². The molecule has 0 saturated carbocycles. The third kappa shape index (κ3) is 5.49. The standard InChI is InChI=1S/C8H18O4/c1-5-11-7(9)6(2)12-8(3,4)10/h6-7,9-10H,5H2,1-4H3/t6-,7?/m1/s1. The van der Waals surface area contributed by atoms with Gasteiger partial charge in [0.05, 0.1) is 0 Å². The Labute approximate surface area is 73.1 Å². The SMILES string of the molecule is CCOC(O)[C@@H](C)OC(C)(C)O. The van der Waals surface area contributed by atoms with Crippen LogP contribution in [0.4, 0.5) is 0 Å². The molecule has 0 aliphatic rings. The number of aliphatic hydroxyl groups is 2. The number of rotatable bonds is 5. The molecule has 0 rings (SSSR count). The summed E-state index contributed by atoms with van der Waals surface area (Å²) in [6.07, 6.45) is -1.52. The Morgan fingerprint density at radius 2 is 1.92 bits per heavy atom. The first-order chi connectivity index (χ1) is 5.37. The fraction of sp³-hybridized carbons (Fsp3) is 1.00. The van der Waals surface area contributed by atoms with E-state index in [4.69, 9.17) is 9.47 Å². The van der Waals surface area contributed by atoms with Gasteiger partial charge < -0.3 is 19.7 Å². The molecule has 0 aromatic rings. The maximum atomic E-state index is 9.22. The van der Waals surface area contributed by atoms with Crippen LogP contribution in [0.3, 0.4) is 0 Å². The molecule has 0 spiro atoms. The molecule has 2 N–H and O–H groups in total. The summed E-state index contributed by atoms with van der Waals surface area (Å²) >= 11 is 0. The average molecular weight is 178 g/mol. The molecule has 0 aliphatic carbocycles. The molecule has 0 bridgehead atoms. The highest BCUT2D eigenvalue weighted by Crippen LogP contribution is 2.10. The zero-order valence-electron chi connectivity index (χ0n) is 8.07. The van der Waals surface area contributed by atoms with E-state index in [1.54, 1.807) is 13.8 Å². The molecule has 0 saturated heterocycles. The van der Waals surface area contributed by atoms with Gasteiger partial charge in [0.1, 0.15) is 6.10 Å². The van der Waals surface area contributed by atoms with Gasteiger partial charge in [-0.3, -0.25) is 0 Å². The molecule has 0 amide bonds. The molecule has 0 heterocycles. The van der Waals surface area contributed by atoms with Crippen LogP contribution in [0.1, 0.15) is 27.7 Å². The molecule has 0 aromatic heterocycles. The van der Waals surface area contributed by atoms with Crippen LogP contribution in [-0.4, -0.2) is 35.0 Å². The Morgan fingerprint density at radius 1 is 1.42 bits per heavy atom. The third-order valence-electron chi connectivity index (χ3n) is 1.21. The molecule has 12 heavy (non-hydrogen) atoms. The van der Waals surface area contributed by atoms with Crippen LogP contribution in [0, 0.1) is 0 Å².